The van der Waals surface area contributed by atoms with Gasteiger partial charge in [0.25, 0.3) is 5.91 Å². The molecule has 3 aromatic carbocycles. The number of aliphatic hydroxyl groups is 1. The monoisotopic (exact) mass is 484 g/mol. The van der Waals surface area contributed by atoms with E-state index in [-0.39, 0.29) is 18.6 Å². The summed E-state index contributed by atoms with van der Waals surface area (Å²) in [5, 5.41) is 14.3. The third-order valence-electron chi connectivity index (χ3n) is 6.92. The van der Waals surface area contributed by atoms with Crippen molar-refractivity contribution in [1.82, 2.24) is 10.3 Å². The Morgan fingerprint density at radius 1 is 1.06 bits per heavy atom. The van der Waals surface area contributed by atoms with Crippen LogP contribution in [0.2, 0.25) is 0 Å². The molecule has 1 atom stereocenters. The summed E-state index contributed by atoms with van der Waals surface area (Å²) in [5.41, 5.74) is 4.41. The molecule has 0 bridgehead atoms. The molecule has 1 aliphatic rings. The maximum Gasteiger partial charge on any atom is 0.255 e. The van der Waals surface area contributed by atoms with Crippen LogP contribution in [0.5, 0.6) is 11.5 Å². The molecule has 6 nitrogen and oxygen atoms in total. The van der Waals surface area contributed by atoms with Gasteiger partial charge >= 0.3 is 0 Å². The van der Waals surface area contributed by atoms with Crippen molar-refractivity contribution in [3.05, 3.63) is 84.1 Å². The van der Waals surface area contributed by atoms with Gasteiger partial charge < -0.3 is 24.9 Å². The number of hydrogen-bond acceptors (Lipinski definition) is 4. The van der Waals surface area contributed by atoms with Crippen molar-refractivity contribution in [3.63, 3.8) is 0 Å². The molecule has 5 rings (SSSR count). The lowest BCUT2D eigenvalue weighted by atomic mass is 10.0. The van der Waals surface area contributed by atoms with Gasteiger partial charge in [-0.05, 0) is 79.1 Å². The Bertz CT molecular complexity index is 1340. The predicted octanol–water partition coefficient (Wildman–Crippen LogP) is 5.50. The molecule has 1 aliphatic carbocycles. The van der Waals surface area contributed by atoms with Gasteiger partial charge in [0.1, 0.15) is 11.5 Å². The average Bonchev–Trinajstić information content (AvgIpc) is 3.58. The Labute approximate surface area is 211 Å². The highest BCUT2D eigenvalue weighted by molar-refractivity contribution is 5.98. The van der Waals surface area contributed by atoms with Crippen LogP contribution in [-0.4, -0.2) is 41.9 Å². The number of aliphatic hydroxyl groups excluding tert-OH is 1. The number of nitrogens with one attached hydrogen (secondary N) is 2. The molecule has 0 aliphatic heterocycles. The average molecular weight is 485 g/mol. The highest BCUT2D eigenvalue weighted by atomic mass is 16.5. The molecule has 0 spiro atoms. The van der Waals surface area contributed by atoms with Gasteiger partial charge in [0.05, 0.1) is 31.4 Å². The van der Waals surface area contributed by atoms with Crippen LogP contribution in [0.1, 0.15) is 41.6 Å². The number of aromatic amines is 1. The molecular formula is C30H32N2O4. The zero-order valence-electron chi connectivity index (χ0n) is 20.5. The number of H-pyrrole nitrogens is 1. The quantitative estimate of drug-likeness (QED) is 0.293. The first-order valence-corrected chi connectivity index (χ1v) is 12.6. The van der Waals surface area contributed by atoms with Gasteiger partial charge in [-0.2, -0.15) is 0 Å². The SMILES string of the molecule is COc1cccc(-c2ccc(OC3CCCC3)c(C(=O)N[C@@H](CO)Cc3c[nH]c4ccccc34)c2)c1. The number of benzene rings is 3. The maximum atomic E-state index is 13.6. The molecule has 3 N–H and O–H groups in total. The van der Waals surface area contributed by atoms with E-state index in [4.69, 9.17) is 9.47 Å². The number of amides is 1. The van der Waals surface area contributed by atoms with Crippen LogP contribution in [-0.2, 0) is 6.42 Å². The molecule has 186 valence electrons. The Morgan fingerprint density at radius 3 is 2.67 bits per heavy atom. The lowest BCUT2D eigenvalue weighted by molar-refractivity contribution is 0.0909. The minimum absolute atomic E-state index is 0.124. The highest BCUT2D eigenvalue weighted by Gasteiger charge is 2.23. The number of ether oxygens (including phenoxy) is 2. The summed E-state index contributed by atoms with van der Waals surface area (Å²) in [6.07, 6.45) is 6.87. The third kappa shape index (κ3) is 5.24. The molecule has 0 saturated heterocycles. The lowest BCUT2D eigenvalue weighted by Gasteiger charge is -2.20. The van der Waals surface area contributed by atoms with Gasteiger partial charge in [-0.25, -0.2) is 0 Å². The number of fused-ring (bicyclic) bond motifs is 1. The van der Waals surface area contributed by atoms with Gasteiger partial charge in [-0.3, -0.25) is 4.79 Å². The fourth-order valence-corrected chi connectivity index (χ4v) is 4.97. The van der Waals surface area contributed by atoms with Crippen LogP contribution in [0.3, 0.4) is 0 Å². The zero-order valence-corrected chi connectivity index (χ0v) is 20.5. The molecule has 0 unspecified atom stereocenters. The first kappa shape index (κ1) is 23.9. The molecule has 4 aromatic rings. The second kappa shape index (κ2) is 10.9. The van der Waals surface area contributed by atoms with E-state index in [1.165, 1.54) is 0 Å². The van der Waals surface area contributed by atoms with E-state index in [1.54, 1.807) is 7.11 Å². The van der Waals surface area contributed by atoms with E-state index < -0.39 is 6.04 Å². The van der Waals surface area contributed by atoms with Crippen LogP contribution in [0, 0.1) is 0 Å². The molecule has 1 fully saturated rings. The van der Waals surface area contributed by atoms with Crippen molar-refractivity contribution in [3.8, 4) is 22.6 Å². The predicted molar refractivity (Wildman–Crippen MR) is 142 cm³/mol. The Kier molecular flexibility index (Phi) is 7.23. The minimum Gasteiger partial charge on any atom is -0.497 e. The van der Waals surface area contributed by atoms with Crippen LogP contribution in [0.15, 0.2) is 72.9 Å². The van der Waals surface area contributed by atoms with Crippen LogP contribution >= 0.6 is 0 Å². The topological polar surface area (TPSA) is 83.6 Å². The number of hydrogen-bond donors (Lipinski definition) is 3. The first-order chi connectivity index (χ1) is 17.6. The summed E-state index contributed by atoms with van der Waals surface area (Å²) in [4.78, 5) is 16.8. The van der Waals surface area contributed by atoms with Gasteiger partial charge in [0.15, 0.2) is 0 Å². The minimum atomic E-state index is -0.434. The summed E-state index contributed by atoms with van der Waals surface area (Å²) in [6, 6.07) is 21.1. The van der Waals surface area contributed by atoms with Crippen molar-refractivity contribution in [1.29, 1.82) is 0 Å². The fraction of sp³-hybridized carbons (Fsp3) is 0.300. The Hall–Kier alpha value is -3.77. The number of carbonyl (C=O) groups is 1. The number of carbonyl (C=O) groups excluding carboxylic acids is 1. The van der Waals surface area contributed by atoms with Crippen LogP contribution < -0.4 is 14.8 Å². The van der Waals surface area contributed by atoms with E-state index in [0.717, 1.165) is 59.0 Å². The molecule has 36 heavy (non-hydrogen) atoms. The van der Waals surface area contributed by atoms with E-state index in [1.807, 2.05) is 72.9 Å². The molecule has 0 radical (unpaired) electrons. The van der Waals surface area contributed by atoms with Crippen molar-refractivity contribution in [2.75, 3.05) is 13.7 Å². The number of rotatable bonds is 9. The normalized spacial score (nSPS) is 14.6. The first-order valence-electron chi connectivity index (χ1n) is 12.6. The summed E-state index contributed by atoms with van der Waals surface area (Å²) in [7, 11) is 1.64. The summed E-state index contributed by atoms with van der Waals surface area (Å²) in [5.74, 6) is 1.07. The summed E-state index contributed by atoms with van der Waals surface area (Å²) >= 11 is 0. The highest BCUT2D eigenvalue weighted by Crippen LogP contribution is 2.32. The summed E-state index contributed by atoms with van der Waals surface area (Å²) < 4.78 is 11.7. The van der Waals surface area contributed by atoms with E-state index in [9.17, 15) is 9.90 Å². The number of para-hydroxylation sites is 1. The lowest BCUT2D eigenvalue weighted by Crippen LogP contribution is -2.39. The van der Waals surface area contributed by atoms with Crippen molar-refractivity contribution >= 4 is 16.8 Å². The van der Waals surface area contributed by atoms with Crippen molar-refractivity contribution in [2.45, 2.75) is 44.2 Å². The smallest absolute Gasteiger partial charge is 0.255 e. The van der Waals surface area contributed by atoms with Gasteiger partial charge in [0, 0.05) is 17.1 Å². The van der Waals surface area contributed by atoms with Crippen molar-refractivity contribution < 1.29 is 19.4 Å². The fourth-order valence-electron chi connectivity index (χ4n) is 4.97. The second-order valence-corrected chi connectivity index (χ2v) is 9.38. The van der Waals surface area contributed by atoms with Crippen LogP contribution in [0.4, 0.5) is 0 Å². The van der Waals surface area contributed by atoms with Crippen molar-refractivity contribution in [2.24, 2.45) is 0 Å². The molecule has 1 aromatic heterocycles. The Balaban J connectivity index is 1.42. The standard InChI is InChI=1S/C30H32N2O4/c1-35-25-10-6-7-20(16-25)21-13-14-29(36-24-8-2-3-9-24)27(17-21)30(34)32-23(19-33)15-22-18-31-28-12-5-4-11-26(22)28/h4-7,10-14,16-18,23-24,31,33H,2-3,8-9,15,19H2,1H3,(H,32,34)/t23-/m1/s1. The van der Waals surface area contributed by atoms with E-state index in [0.29, 0.717) is 17.7 Å². The largest absolute Gasteiger partial charge is 0.497 e. The van der Waals surface area contributed by atoms with Gasteiger partial charge in [-0.1, -0.05) is 36.4 Å². The maximum absolute atomic E-state index is 13.6. The molecule has 1 amide bonds. The summed E-state index contributed by atoms with van der Waals surface area (Å²) in [6.45, 7) is -0.167. The van der Waals surface area contributed by atoms with E-state index in [2.05, 4.69) is 10.3 Å². The Morgan fingerprint density at radius 2 is 1.86 bits per heavy atom. The second-order valence-electron chi connectivity index (χ2n) is 9.38. The molecular weight excluding hydrogens is 452 g/mol. The van der Waals surface area contributed by atoms with Gasteiger partial charge in [-0.15, -0.1) is 0 Å². The van der Waals surface area contributed by atoms with Gasteiger partial charge in [0.2, 0.25) is 0 Å². The number of methoxy groups -OCH3 is 1. The van der Waals surface area contributed by atoms with E-state index >= 15 is 0 Å². The third-order valence-corrected chi connectivity index (χ3v) is 6.92. The molecule has 1 heterocycles. The molecule has 6 heteroatoms. The van der Waals surface area contributed by atoms with Crippen LogP contribution in [0.25, 0.3) is 22.0 Å². The molecule has 1 saturated carbocycles. The number of aromatic nitrogens is 1. The zero-order chi connectivity index (χ0) is 24.9.